The van der Waals surface area contributed by atoms with Crippen LogP contribution in [-0.4, -0.2) is 24.5 Å². The van der Waals surface area contributed by atoms with Crippen LogP contribution in [0.5, 0.6) is 0 Å². The number of ether oxygens (including phenoxy) is 1. The Bertz CT molecular complexity index is 731. The molecule has 0 heterocycles. The first-order valence-corrected chi connectivity index (χ1v) is 7.89. The van der Waals surface area contributed by atoms with Crippen molar-refractivity contribution in [1.29, 1.82) is 0 Å². The Morgan fingerprint density at radius 3 is 2.57 bits per heavy atom. The molecule has 3 N–H and O–H groups in total. The van der Waals surface area contributed by atoms with Gasteiger partial charge in [0.2, 0.25) is 0 Å². The van der Waals surface area contributed by atoms with Gasteiger partial charge < -0.3 is 15.8 Å². The lowest BCUT2D eigenvalue weighted by Crippen LogP contribution is -2.35. The quantitative estimate of drug-likeness (QED) is 0.672. The van der Waals surface area contributed by atoms with Crippen LogP contribution in [0.4, 0.5) is 5.69 Å². The summed E-state index contributed by atoms with van der Waals surface area (Å²) in [5.74, 6) is -0.784. The molecule has 5 nitrogen and oxygen atoms in total. The fourth-order valence-corrected chi connectivity index (χ4v) is 3.09. The van der Waals surface area contributed by atoms with Gasteiger partial charge in [-0.3, -0.25) is 4.79 Å². The molecule has 5 heteroatoms. The van der Waals surface area contributed by atoms with Gasteiger partial charge in [0.05, 0.1) is 5.56 Å². The molecule has 1 aliphatic carbocycles. The molecule has 0 saturated heterocycles. The molecule has 2 aromatic carbocycles. The zero-order valence-electron chi connectivity index (χ0n) is 12.9. The Hall–Kier alpha value is -2.56. The number of carbonyl (C=O) groups excluding carboxylic acids is 2. The van der Waals surface area contributed by atoms with Gasteiger partial charge in [-0.05, 0) is 30.4 Å². The van der Waals surface area contributed by atoms with Crippen LogP contribution in [0.25, 0.3) is 10.8 Å². The molecular formula is C18H20N2O3. The van der Waals surface area contributed by atoms with Crippen LogP contribution >= 0.6 is 0 Å². The number of nitrogen functional groups attached to an aromatic ring is 1. The van der Waals surface area contributed by atoms with Gasteiger partial charge in [-0.15, -0.1) is 0 Å². The lowest BCUT2D eigenvalue weighted by molar-refractivity contribution is -0.124. The number of nitrogens with two attached hydrogens (primary N) is 1. The standard InChI is InChI=1S/C18H20N2O3/c19-15-10-4-6-12-5-3-9-14(17(12)15)18(22)23-11-16(21)20-13-7-1-2-8-13/h3-6,9-10,13H,1-2,7-8,11,19H2,(H,20,21). The second-order valence-corrected chi connectivity index (χ2v) is 5.88. The van der Waals surface area contributed by atoms with Crippen molar-refractivity contribution in [3.05, 3.63) is 42.0 Å². The Morgan fingerprint density at radius 1 is 1.13 bits per heavy atom. The summed E-state index contributed by atoms with van der Waals surface area (Å²) in [4.78, 5) is 24.1. The predicted molar refractivity (Wildman–Crippen MR) is 89.0 cm³/mol. The number of anilines is 1. The summed E-state index contributed by atoms with van der Waals surface area (Å²) in [6.07, 6.45) is 4.28. The molecule has 0 bridgehead atoms. The summed E-state index contributed by atoms with van der Waals surface area (Å²) >= 11 is 0. The third-order valence-electron chi connectivity index (χ3n) is 4.21. The van der Waals surface area contributed by atoms with Crippen molar-refractivity contribution in [2.75, 3.05) is 12.3 Å². The van der Waals surface area contributed by atoms with Gasteiger partial charge in [-0.1, -0.05) is 37.1 Å². The van der Waals surface area contributed by atoms with E-state index in [2.05, 4.69) is 5.32 Å². The van der Waals surface area contributed by atoms with Crippen LogP contribution < -0.4 is 11.1 Å². The van der Waals surface area contributed by atoms with E-state index >= 15 is 0 Å². The highest BCUT2D eigenvalue weighted by Crippen LogP contribution is 2.25. The van der Waals surface area contributed by atoms with Crippen molar-refractivity contribution < 1.29 is 14.3 Å². The van der Waals surface area contributed by atoms with Gasteiger partial charge in [0, 0.05) is 17.1 Å². The Morgan fingerprint density at radius 2 is 1.83 bits per heavy atom. The average Bonchev–Trinajstić information content (AvgIpc) is 3.05. The van der Waals surface area contributed by atoms with Crippen molar-refractivity contribution in [1.82, 2.24) is 5.32 Å². The molecule has 0 radical (unpaired) electrons. The minimum absolute atomic E-state index is 0.217. The smallest absolute Gasteiger partial charge is 0.339 e. The van der Waals surface area contributed by atoms with E-state index in [0.717, 1.165) is 31.1 Å². The fraction of sp³-hybridized carbons (Fsp3) is 0.333. The van der Waals surface area contributed by atoms with Crippen LogP contribution in [0.3, 0.4) is 0 Å². The zero-order valence-corrected chi connectivity index (χ0v) is 12.9. The molecule has 3 rings (SSSR count). The van der Waals surface area contributed by atoms with E-state index in [1.165, 1.54) is 0 Å². The normalized spacial score (nSPS) is 14.8. The number of hydrogen-bond acceptors (Lipinski definition) is 4. The number of amides is 1. The molecule has 1 saturated carbocycles. The van der Waals surface area contributed by atoms with Crippen LogP contribution in [0, 0.1) is 0 Å². The number of rotatable bonds is 4. The monoisotopic (exact) mass is 312 g/mol. The Labute approximate surface area is 134 Å². The van der Waals surface area contributed by atoms with Gasteiger partial charge in [0.1, 0.15) is 0 Å². The summed E-state index contributed by atoms with van der Waals surface area (Å²) in [5, 5.41) is 4.43. The molecular weight excluding hydrogens is 292 g/mol. The molecule has 23 heavy (non-hydrogen) atoms. The van der Waals surface area contributed by atoms with Gasteiger partial charge in [-0.25, -0.2) is 4.79 Å². The number of esters is 1. The highest BCUT2D eigenvalue weighted by atomic mass is 16.5. The van der Waals surface area contributed by atoms with E-state index in [1.54, 1.807) is 18.2 Å². The maximum Gasteiger partial charge on any atom is 0.339 e. The third kappa shape index (κ3) is 3.44. The predicted octanol–water partition coefficient (Wildman–Crippen LogP) is 2.64. The maximum atomic E-state index is 12.3. The number of nitrogens with one attached hydrogen (secondary N) is 1. The fourth-order valence-electron chi connectivity index (χ4n) is 3.09. The van der Waals surface area contributed by atoms with Gasteiger partial charge in [-0.2, -0.15) is 0 Å². The van der Waals surface area contributed by atoms with Crippen molar-refractivity contribution in [2.45, 2.75) is 31.7 Å². The van der Waals surface area contributed by atoms with Crippen LogP contribution in [0.2, 0.25) is 0 Å². The Balaban J connectivity index is 1.67. The van der Waals surface area contributed by atoms with E-state index < -0.39 is 5.97 Å². The lowest BCUT2D eigenvalue weighted by atomic mass is 10.0. The number of benzene rings is 2. The van der Waals surface area contributed by atoms with Crippen molar-refractivity contribution >= 4 is 28.3 Å². The van der Waals surface area contributed by atoms with Gasteiger partial charge >= 0.3 is 5.97 Å². The summed E-state index contributed by atoms with van der Waals surface area (Å²) in [5.41, 5.74) is 6.88. The van der Waals surface area contributed by atoms with E-state index in [-0.39, 0.29) is 18.6 Å². The Kier molecular flexibility index (Phi) is 4.46. The molecule has 1 amide bonds. The second-order valence-electron chi connectivity index (χ2n) is 5.88. The SMILES string of the molecule is Nc1cccc2cccc(C(=O)OCC(=O)NC3CCCC3)c12. The topological polar surface area (TPSA) is 81.4 Å². The van der Waals surface area contributed by atoms with Gasteiger partial charge in [0.25, 0.3) is 5.91 Å². The van der Waals surface area contributed by atoms with Crippen LogP contribution in [0.1, 0.15) is 36.0 Å². The number of carbonyl (C=O) groups is 2. The molecule has 120 valence electrons. The van der Waals surface area contributed by atoms with E-state index in [0.29, 0.717) is 16.6 Å². The average molecular weight is 312 g/mol. The molecule has 2 aromatic rings. The minimum atomic E-state index is -0.532. The van der Waals surface area contributed by atoms with E-state index in [4.69, 9.17) is 10.5 Å². The summed E-state index contributed by atoms with van der Waals surface area (Å²) in [7, 11) is 0. The van der Waals surface area contributed by atoms with Gasteiger partial charge in [0.15, 0.2) is 6.61 Å². The first-order chi connectivity index (χ1) is 11.1. The molecule has 0 atom stereocenters. The first-order valence-electron chi connectivity index (χ1n) is 7.89. The molecule has 0 unspecified atom stereocenters. The molecule has 0 aromatic heterocycles. The summed E-state index contributed by atoms with van der Waals surface area (Å²) in [6.45, 7) is -0.265. The van der Waals surface area contributed by atoms with E-state index in [1.807, 2.05) is 18.2 Å². The number of hydrogen-bond donors (Lipinski definition) is 2. The molecule has 0 aliphatic heterocycles. The number of fused-ring (bicyclic) bond motifs is 1. The van der Waals surface area contributed by atoms with E-state index in [9.17, 15) is 9.59 Å². The summed E-state index contributed by atoms with van der Waals surface area (Å²) < 4.78 is 5.16. The molecule has 0 spiro atoms. The molecule has 1 fully saturated rings. The third-order valence-corrected chi connectivity index (χ3v) is 4.21. The van der Waals surface area contributed by atoms with Crippen LogP contribution in [0.15, 0.2) is 36.4 Å². The zero-order chi connectivity index (χ0) is 16.2. The van der Waals surface area contributed by atoms with Crippen LogP contribution in [-0.2, 0) is 9.53 Å². The summed E-state index contributed by atoms with van der Waals surface area (Å²) in [6, 6.07) is 11.0. The van der Waals surface area contributed by atoms with Crippen molar-refractivity contribution in [3.8, 4) is 0 Å². The second kappa shape index (κ2) is 6.69. The van der Waals surface area contributed by atoms with Crippen molar-refractivity contribution in [3.63, 3.8) is 0 Å². The highest BCUT2D eigenvalue weighted by molar-refractivity contribution is 6.09. The maximum absolute atomic E-state index is 12.3. The molecule has 1 aliphatic rings. The minimum Gasteiger partial charge on any atom is -0.452 e. The lowest BCUT2D eigenvalue weighted by Gasteiger charge is -2.12. The first kappa shape index (κ1) is 15.3. The largest absolute Gasteiger partial charge is 0.452 e. The van der Waals surface area contributed by atoms with Crippen molar-refractivity contribution in [2.24, 2.45) is 0 Å². The highest BCUT2D eigenvalue weighted by Gasteiger charge is 2.19.